The van der Waals surface area contributed by atoms with Crippen molar-refractivity contribution in [3.63, 3.8) is 0 Å². The predicted octanol–water partition coefficient (Wildman–Crippen LogP) is -1.46. The van der Waals surface area contributed by atoms with Crippen LogP contribution in [0.4, 0.5) is 4.79 Å². The molecule has 0 radical (unpaired) electrons. The molecule has 1 unspecified atom stereocenters. The maximum Gasteiger partial charge on any atom is 0.328 e. The monoisotopic (exact) mass is 165 g/mol. The van der Waals surface area contributed by atoms with Crippen molar-refractivity contribution in [1.29, 1.82) is 0 Å². The number of hydrogen-bond donors (Lipinski definition) is 3. The van der Waals surface area contributed by atoms with Crippen molar-refractivity contribution in [2.75, 3.05) is 18.6 Å². The Labute approximate surface area is 61.8 Å². The van der Waals surface area contributed by atoms with Gasteiger partial charge in [0.15, 0.2) is 0 Å². The van der Waals surface area contributed by atoms with Crippen molar-refractivity contribution >= 4 is 16.8 Å². The number of carbonyl (C=O) groups is 1. The molecule has 0 aliphatic carbocycles. The van der Waals surface area contributed by atoms with Gasteiger partial charge in [0.2, 0.25) is 0 Å². The molecule has 0 rings (SSSR count). The topological polar surface area (TPSA) is 84.2 Å². The number of hydrogen-bond acceptors (Lipinski definition) is 3. The molecule has 4 N–H and O–H groups in total. The van der Waals surface area contributed by atoms with E-state index >= 15 is 0 Å². The van der Waals surface area contributed by atoms with Crippen molar-refractivity contribution in [2.45, 2.75) is 0 Å². The minimum Gasteiger partial charge on any atom is -0.336 e. The fourth-order valence-electron chi connectivity index (χ4n) is 0.359. The first-order valence-corrected chi connectivity index (χ1v) is 4.44. The van der Waals surface area contributed by atoms with Crippen LogP contribution in [0.15, 0.2) is 0 Å². The summed E-state index contributed by atoms with van der Waals surface area (Å²) in [7, 11) is -0.867. The van der Waals surface area contributed by atoms with Gasteiger partial charge in [0.05, 0.1) is 0 Å². The van der Waals surface area contributed by atoms with Crippen molar-refractivity contribution in [3.8, 4) is 0 Å². The van der Waals surface area contributed by atoms with Crippen LogP contribution in [0.3, 0.4) is 0 Å². The number of carbonyl (C=O) groups excluding carboxylic acids is 1. The Morgan fingerprint density at radius 1 is 1.70 bits per heavy atom. The van der Waals surface area contributed by atoms with Crippen molar-refractivity contribution in [2.24, 2.45) is 5.84 Å². The Hall–Kier alpha value is -0.620. The number of hydrazine groups is 1. The third-order valence-electron chi connectivity index (χ3n) is 0.806. The molecule has 0 aromatic rings. The maximum atomic E-state index is 10.4. The summed E-state index contributed by atoms with van der Waals surface area (Å²) < 4.78 is 10.4. The van der Waals surface area contributed by atoms with Gasteiger partial charge in [0.25, 0.3) is 0 Å². The molecule has 0 spiro atoms. The SMILES string of the molecule is CS(=O)CCNC(=O)NN. The Balaban J connectivity index is 3.20. The van der Waals surface area contributed by atoms with Gasteiger partial charge < -0.3 is 5.32 Å². The van der Waals surface area contributed by atoms with Gasteiger partial charge >= 0.3 is 6.03 Å². The van der Waals surface area contributed by atoms with Gasteiger partial charge in [-0.3, -0.25) is 9.63 Å². The normalized spacial score (nSPS) is 12.2. The molecular weight excluding hydrogens is 154 g/mol. The van der Waals surface area contributed by atoms with Crippen LogP contribution in [0.5, 0.6) is 0 Å². The number of amides is 2. The minimum absolute atomic E-state index is 0.381. The van der Waals surface area contributed by atoms with Gasteiger partial charge in [-0.2, -0.15) is 0 Å². The number of rotatable bonds is 3. The molecule has 60 valence electrons. The summed E-state index contributed by atoms with van der Waals surface area (Å²) in [6.45, 7) is 0.381. The molecule has 0 fully saturated rings. The van der Waals surface area contributed by atoms with Gasteiger partial charge in [-0.1, -0.05) is 0 Å². The molecule has 0 aromatic carbocycles. The fourth-order valence-corrected chi connectivity index (χ4v) is 0.749. The summed E-state index contributed by atoms with van der Waals surface area (Å²) in [5, 5.41) is 2.40. The summed E-state index contributed by atoms with van der Waals surface area (Å²) in [4.78, 5) is 10.3. The van der Waals surface area contributed by atoms with E-state index < -0.39 is 16.8 Å². The molecule has 6 heteroatoms. The third kappa shape index (κ3) is 5.52. The van der Waals surface area contributed by atoms with Gasteiger partial charge in [-0.05, 0) is 0 Å². The predicted molar refractivity (Wildman–Crippen MR) is 39.7 cm³/mol. The van der Waals surface area contributed by atoms with Crippen molar-refractivity contribution in [1.82, 2.24) is 10.7 Å². The Morgan fingerprint density at radius 2 is 2.30 bits per heavy atom. The highest BCUT2D eigenvalue weighted by Gasteiger charge is 1.95. The molecule has 2 amide bonds. The minimum atomic E-state index is -0.867. The highest BCUT2D eigenvalue weighted by Crippen LogP contribution is 1.70. The summed E-state index contributed by atoms with van der Waals surface area (Å²) in [6, 6.07) is -0.453. The zero-order chi connectivity index (χ0) is 7.98. The summed E-state index contributed by atoms with van der Waals surface area (Å²) in [6.07, 6.45) is 1.57. The second-order valence-electron chi connectivity index (χ2n) is 1.68. The molecule has 0 bridgehead atoms. The zero-order valence-electron chi connectivity index (χ0n) is 5.72. The van der Waals surface area contributed by atoms with Crippen LogP contribution in [-0.2, 0) is 10.8 Å². The lowest BCUT2D eigenvalue weighted by Gasteiger charge is -2.00. The van der Waals surface area contributed by atoms with E-state index in [2.05, 4.69) is 5.32 Å². The van der Waals surface area contributed by atoms with E-state index in [0.29, 0.717) is 12.3 Å². The first-order chi connectivity index (χ1) is 4.66. The Kier molecular flexibility index (Phi) is 4.87. The molecule has 10 heavy (non-hydrogen) atoms. The van der Waals surface area contributed by atoms with E-state index in [9.17, 15) is 9.00 Å². The van der Waals surface area contributed by atoms with Crippen LogP contribution in [0.2, 0.25) is 0 Å². The van der Waals surface area contributed by atoms with Crippen LogP contribution in [-0.4, -0.2) is 28.8 Å². The van der Waals surface area contributed by atoms with E-state index in [1.807, 2.05) is 5.43 Å². The zero-order valence-corrected chi connectivity index (χ0v) is 6.53. The lowest BCUT2D eigenvalue weighted by Crippen LogP contribution is -2.41. The first kappa shape index (κ1) is 9.38. The van der Waals surface area contributed by atoms with E-state index in [0.717, 1.165) is 0 Å². The first-order valence-electron chi connectivity index (χ1n) is 2.71. The molecule has 0 aliphatic rings. The molecule has 0 aliphatic heterocycles. The molecule has 1 atom stereocenters. The molecule has 0 saturated heterocycles. The quantitative estimate of drug-likeness (QED) is 0.271. The highest BCUT2D eigenvalue weighted by molar-refractivity contribution is 7.84. The smallest absolute Gasteiger partial charge is 0.328 e. The second-order valence-corrected chi connectivity index (χ2v) is 3.23. The Morgan fingerprint density at radius 3 is 2.70 bits per heavy atom. The fraction of sp³-hybridized carbons (Fsp3) is 0.750. The average molecular weight is 165 g/mol. The second kappa shape index (κ2) is 5.19. The summed E-state index contributed by atoms with van der Waals surface area (Å²) >= 11 is 0. The largest absolute Gasteiger partial charge is 0.336 e. The van der Waals surface area contributed by atoms with Crippen LogP contribution >= 0.6 is 0 Å². The highest BCUT2D eigenvalue weighted by atomic mass is 32.2. The van der Waals surface area contributed by atoms with Crippen LogP contribution < -0.4 is 16.6 Å². The van der Waals surface area contributed by atoms with Crippen LogP contribution in [0.25, 0.3) is 0 Å². The van der Waals surface area contributed by atoms with E-state index in [4.69, 9.17) is 5.84 Å². The molecule has 0 saturated carbocycles. The van der Waals surface area contributed by atoms with E-state index in [1.54, 1.807) is 6.26 Å². The van der Waals surface area contributed by atoms with E-state index in [-0.39, 0.29) is 0 Å². The summed E-state index contributed by atoms with van der Waals surface area (Å²) in [5.74, 6) is 5.20. The number of nitrogens with two attached hydrogens (primary N) is 1. The lowest BCUT2D eigenvalue weighted by atomic mass is 10.7. The number of nitrogens with one attached hydrogen (secondary N) is 2. The molecule has 0 aromatic heterocycles. The molecule has 0 heterocycles. The van der Waals surface area contributed by atoms with Gasteiger partial charge in [-0.15, -0.1) is 0 Å². The third-order valence-corrected chi connectivity index (χ3v) is 1.59. The standard InChI is InChI=1S/C4H11N3O2S/c1-10(9)3-2-6-4(8)7-5/h2-3,5H2,1H3,(H2,6,7,8). The van der Waals surface area contributed by atoms with Crippen LogP contribution in [0, 0.1) is 0 Å². The van der Waals surface area contributed by atoms with Gasteiger partial charge in [0.1, 0.15) is 0 Å². The average Bonchev–Trinajstić information content (AvgIpc) is 1.87. The Bertz CT molecular complexity index is 138. The summed E-state index contributed by atoms with van der Waals surface area (Å²) in [5.41, 5.74) is 1.89. The van der Waals surface area contributed by atoms with Crippen LogP contribution in [0.1, 0.15) is 0 Å². The number of urea groups is 1. The molecule has 5 nitrogen and oxygen atoms in total. The lowest BCUT2D eigenvalue weighted by molar-refractivity contribution is 0.242. The van der Waals surface area contributed by atoms with Crippen molar-refractivity contribution in [3.05, 3.63) is 0 Å². The van der Waals surface area contributed by atoms with Gasteiger partial charge in [0, 0.05) is 29.4 Å². The van der Waals surface area contributed by atoms with Crippen molar-refractivity contribution < 1.29 is 9.00 Å². The van der Waals surface area contributed by atoms with Gasteiger partial charge in [-0.25, -0.2) is 10.6 Å². The molecular formula is C4H11N3O2S. The maximum absolute atomic E-state index is 10.4. The van der Waals surface area contributed by atoms with E-state index in [1.165, 1.54) is 0 Å².